The predicted molar refractivity (Wildman–Crippen MR) is 149 cm³/mol. The predicted octanol–water partition coefficient (Wildman–Crippen LogP) is 6.14. The molecule has 0 unspecified atom stereocenters. The molecule has 0 amide bonds. The summed E-state index contributed by atoms with van der Waals surface area (Å²) in [5.74, 6) is 0. The first-order valence-corrected chi connectivity index (χ1v) is 13.4. The van der Waals surface area contributed by atoms with Gasteiger partial charge in [0.1, 0.15) is 13.1 Å². The van der Waals surface area contributed by atoms with Gasteiger partial charge in [-0.25, -0.2) is 18.3 Å². The van der Waals surface area contributed by atoms with Crippen molar-refractivity contribution in [3.05, 3.63) is 133 Å². The molecule has 2 heterocycles. The third kappa shape index (κ3) is 5.19. The molecule has 0 aliphatic rings. The summed E-state index contributed by atoms with van der Waals surface area (Å²) in [6.07, 6.45) is 8.14. The Morgan fingerprint density at radius 2 is 0.838 bits per heavy atom. The quantitative estimate of drug-likeness (QED) is 0.164. The Kier molecular flexibility index (Phi) is 6.80. The molecular formula is C33H34N4+2. The van der Waals surface area contributed by atoms with Gasteiger partial charge in [-0.2, -0.15) is 0 Å². The second-order valence-corrected chi connectivity index (χ2v) is 9.88. The van der Waals surface area contributed by atoms with E-state index in [0.717, 1.165) is 26.2 Å². The van der Waals surface area contributed by atoms with Crippen LogP contribution in [-0.2, 0) is 26.2 Å². The number of unbranched alkanes of at least 4 members (excludes halogenated alkanes) is 2. The van der Waals surface area contributed by atoms with Gasteiger partial charge in [0.05, 0.1) is 13.1 Å². The average molecular weight is 487 g/mol. The normalized spacial score (nSPS) is 11.5. The number of hydrogen-bond donors (Lipinski definition) is 0. The molecule has 0 N–H and O–H groups in total. The molecule has 4 nitrogen and oxygen atoms in total. The minimum absolute atomic E-state index is 0.901. The van der Waals surface area contributed by atoms with Gasteiger partial charge < -0.3 is 0 Å². The van der Waals surface area contributed by atoms with E-state index in [9.17, 15) is 0 Å². The van der Waals surface area contributed by atoms with E-state index in [1.807, 2.05) is 0 Å². The van der Waals surface area contributed by atoms with Crippen molar-refractivity contribution in [2.45, 2.75) is 45.4 Å². The molecule has 0 aliphatic heterocycles. The number of rotatable bonds is 10. The number of fused-ring (bicyclic) bond motifs is 2. The Labute approximate surface area is 218 Å². The number of aryl methyl sites for hydroxylation is 2. The summed E-state index contributed by atoms with van der Waals surface area (Å²) in [5, 5.41) is 0. The molecule has 184 valence electrons. The first-order valence-electron chi connectivity index (χ1n) is 13.4. The number of hydrogen-bond acceptors (Lipinski definition) is 0. The van der Waals surface area contributed by atoms with E-state index in [4.69, 9.17) is 0 Å². The monoisotopic (exact) mass is 486 g/mol. The van der Waals surface area contributed by atoms with Crippen LogP contribution in [0.15, 0.2) is 122 Å². The van der Waals surface area contributed by atoms with E-state index in [1.54, 1.807) is 0 Å². The molecule has 0 aliphatic carbocycles. The highest BCUT2D eigenvalue weighted by Gasteiger charge is 2.17. The van der Waals surface area contributed by atoms with Crippen molar-refractivity contribution < 1.29 is 9.13 Å². The molecular weight excluding hydrogens is 452 g/mol. The van der Waals surface area contributed by atoms with Gasteiger partial charge in [-0.15, -0.1) is 0 Å². The summed E-state index contributed by atoms with van der Waals surface area (Å²) < 4.78 is 9.61. The summed E-state index contributed by atoms with van der Waals surface area (Å²) in [6, 6.07) is 39.0. The third-order valence-corrected chi connectivity index (χ3v) is 7.25. The SMILES string of the molecule is c1ccc(C[n+]2cn(CCCCCn3c[n+](Cc4ccccc4)c4ccccc43)c3ccccc32)cc1. The van der Waals surface area contributed by atoms with Crippen LogP contribution in [0.1, 0.15) is 30.4 Å². The van der Waals surface area contributed by atoms with Crippen molar-refractivity contribution in [2.75, 3.05) is 0 Å². The number of para-hydroxylation sites is 4. The summed E-state index contributed by atoms with van der Waals surface area (Å²) in [7, 11) is 0. The zero-order valence-corrected chi connectivity index (χ0v) is 21.3. The van der Waals surface area contributed by atoms with E-state index in [1.165, 1.54) is 52.5 Å². The Hall–Kier alpha value is -4.18. The number of nitrogens with zero attached hydrogens (tertiary/aromatic N) is 4. The standard InChI is InChI=1S/C33H34N4/c1-4-14-28(15-5-1)24-36-26-34(30-18-8-10-20-32(30)36)22-12-3-13-23-35-27-37(25-29-16-6-2-7-17-29)33-21-11-9-19-31(33)35/h1-2,4-11,14-21,26-27H,3,12-13,22-25H2/q+2. The topological polar surface area (TPSA) is 17.6 Å². The largest absolute Gasteiger partial charge is 0.245 e. The lowest BCUT2D eigenvalue weighted by atomic mass is 10.2. The lowest BCUT2D eigenvalue weighted by molar-refractivity contribution is -0.663. The molecule has 0 saturated heterocycles. The van der Waals surface area contributed by atoms with Crippen molar-refractivity contribution in [3.63, 3.8) is 0 Å². The van der Waals surface area contributed by atoms with Gasteiger partial charge in [0.15, 0.2) is 22.1 Å². The summed E-state index contributed by atoms with van der Waals surface area (Å²) in [5.41, 5.74) is 7.90. The van der Waals surface area contributed by atoms with Crippen LogP contribution in [-0.4, -0.2) is 9.13 Å². The molecule has 4 heteroatoms. The maximum Gasteiger partial charge on any atom is 0.245 e. The molecule has 4 aromatic carbocycles. The van der Waals surface area contributed by atoms with Gasteiger partial charge >= 0.3 is 0 Å². The molecule has 0 radical (unpaired) electrons. The van der Waals surface area contributed by atoms with Crippen LogP contribution in [0, 0.1) is 0 Å². The zero-order valence-electron chi connectivity index (χ0n) is 21.3. The molecule has 0 spiro atoms. The van der Waals surface area contributed by atoms with Gasteiger partial charge in [-0.3, -0.25) is 0 Å². The van der Waals surface area contributed by atoms with Crippen LogP contribution in [0.3, 0.4) is 0 Å². The summed E-state index contributed by atoms with van der Waals surface area (Å²) >= 11 is 0. The molecule has 0 atom stereocenters. The van der Waals surface area contributed by atoms with Crippen LogP contribution in [0.2, 0.25) is 0 Å². The van der Waals surface area contributed by atoms with E-state index >= 15 is 0 Å². The first kappa shape index (κ1) is 23.2. The van der Waals surface area contributed by atoms with Gasteiger partial charge in [-0.05, 0) is 54.7 Å². The van der Waals surface area contributed by atoms with Gasteiger partial charge in [0, 0.05) is 0 Å². The van der Waals surface area contributed by atoms with Crippen LogP contribution in [0.4, 0.5) is 0 Å². The maximum atomic E-state index is 2.43. The van der Waals surface area contributed by atoms with Crippen LogP contribution >= 0.6 is 0 Å². The smallest absolute Gasteiger partial charge is 0.230 e. The Morgan fingerprint density at radius 3 is 1.30 bits per heavy atom. The fraction of sp³-hybridized carbons (Fsp3) is 0.212. The van der Waals surface area contributed by atoms with Gasteiger partial charge in [0.25, 0.3) is 0 Å². The van der Waals surface area contributed by atoms with Crippen molar-refractivity contribution >= 4 is 22.1 Å². The molecule has 37 heavy (non-hydrogen) atoms. The highest BCUT2D eigenvalue weighted by Crippen LogP contribution is 2.16. The minimum atomic E-state index is 0.901. The minimum Gasteiger partial charge on any atom is -0.230 e. The highest BCUT2D eigenvalue weighted by molar-refractivity contribution is 5.72. The van der Waals surface area contributed by atoms with E-state index in [-0.39, 0.29) is 0 Å². The van der Waals surface area contributed by atoms with Crippen molar-refractivity contribution in [1.29, 1.82) is 0 Å². The summed E-state index contributed by atoms with van der Waals surface area (Å²) in [4.78, 5) is 0. The van der Waals surface area contributed by atoms with Gasteiger partial charge in [0.2, 0.25) is 12.7 Å². The van der Waals surface area contributed by atoms with Crippen molar-refractivity contribution in [1.82, 2.24) is 9.13 Å². The maximum absolute atomic E-state index is 2.43. The molecule has 0 bridgehead atoms. The lowest BCUT2D eigenvalue weighted by Crippen LogP contribution is -2.32. The second kappa shape index (κ2) is 10.8. The Balaban J connectivity index is 1.10. The Bertz CT molecular complexity index is 1470. The fourth-order valence-electron chi connectivity index (χ4n) is 5.39. The van der Waals surface area contributed by atoms with E-state index in [2.05, 4.69) is 140 Å². The summed E-state index contributed by atoms with van der Waals surface area (Å²) in [6.45, 7) is 3.89. The molecule has 2 aromatic heterocycles. The second-order valence-electron chi connectivity index (χ2n) is 9.88. The number of benzene rings is 4. The van der Waals surface area contributed by atoms with Crippen LogP contribution in [0.25, 0.3) is 22.1 Å². The lowest BCUT2D eigenvalue weighted by Gasteiger charge is -2.00. The van der Waals surface area contributed by atoms with Gasteiger partial charge in [-0.1, -0.05) is 84.9 Å². The number of aromatic nitrogens is 4. The van der Waals surface area contributed by atoms with Crippen molar-refractivity contribution in [3.8, 4) is 0 Å². The first-order chi connectivity index (χ1) is 18.3. The molecule has 0 fully saturated rings. The molecule has 0 saturated carbocycles. The highest BCUT2D eigenvalue weighted by atomic mass is 15.1. The molecule has 6 aromatic rings. The van der Waals surface area contributed by atoms with E-state index < -0.39 is 0 Å². The van der Waals surface area contributed by atoms with Crippen molar-refractivity contribution in [2.24, 2.45) is 0 Å². The van der Waals surface area contributed by atoms with E-state index in [0.29, 0.717) is 0 Å². The Morgan fingerprint density at radius 1 is 0.432 bits per heavy atom. The fourth-order valence-corrected chi connectivity index (χ4v) is 5.39. The third-order valence-electron chi connectivity index (χ3n) is 7.25. The zero-order chi connectivity index (χ0) is 24.9. The number of imidazole rings is 2. The van der Waals surface area contributed by atoms with Crippen LogP contribution < -0.4 is 9.13 Å². The average Bonchev–Trinajstić information content (AvgIpc) is 3.48. The van der Waals surface area contributed by atoms with Crippen LogP contribution in [0.5, 0.6) is 0 Å². The molecule has 6 rings (SSSR count).